The van der Waals surface area contributed by atoms with Crippen molar-refractivity contribution in [3.63, 3.8) is 0 Å². The lowest BCUT2D eigenvalue weighted by atomic mass is 10.1. The summed E-state index contributed by atoms with van der Waals surface area (Å²) in [7, 11) is 3.18. The van der Waals surface area contributed by atoms with E-state index >= 15 is 0 Å². The van der Waals surface area contributed by atoms with E-state index in [0.717, 1.165) is 46.2 Å². The van der Waals surface area contributed by atoms with Crippen LogP contribution in [-0.4, -0.2) is 36.5 Å². The largest absolute Gasteiger partial charge is 0.493 e. The zero-order valence-corrected chi connectivity index (χ0v) is 19.0. The smallest absolute Gasteiger partial charge is 0.272 e. The summed E-state index contributed by atoms with van der Waals surface area (Å²) in [6, 6.07) is 9.91. The molecule has 0 fully saturated rings. The third kappa shape index (κ3) is 4.30. The summed E-state index contributed by atoms with van der Waals surface area (Å²) in [6.07, 6.45) is 3.27. The number of rotatable bonds is 7. The molecule has 3 aromatic rings. The number of nitrogens with one attached hydrogen (secondary N) is 1. The van der Waals surface area contributed by atoms with Gasteiger partial charge in [-0.1, -0.05) is 15.9 Å². The first-order valence-corrected chi connectivity index (χ1v) is 10.9. The zero-order chi connectivity index (χ0) is 22.0. The van der Waals surface area contributed by atoms with Crippen LogP contribution in [0.5, 0.6) is 11.5 Å². The molecule has 0 bridgehead atoms. The number of hydrogen-bond acceptors (Lipinski definition) is 4. The van der Waals surface area contributed by atoms with Gasteiger partial charge in [-0.15, -0.1) is 0 Å². The van der Waals surface area contributed by atoms with Gasteiger partial charge in [0, 0.05) is 22.3 Å². The molecule has 0 spiro atoms. The summed E-state index contributed by atoms with van der Waals surface area (Å²) in [4.78, 5) is 12.9. The lowest BCUT2D eigenvalue weighted by Gasteiger charge is -2.12. The number of nitrogens with zero attached hydrogens (tertiary/aromatic N) is 2. The fourth-order valence-corrected chi connectivity index (χ4v) is 4.42. The fraction of sp³-hybridized carbons (Fsp3) is 0.304. The number of ether oxygens (including phenoxy) is 2. The van der Waals surface area contributed by atoms with Gasteiger partial charge in [-0.3, -0.25) is 4.79 Å². The van der Waals surface area contributed by atoms with Crippen molar-refractivity contribution >= 4 is 21.8 Å². The van der Waals surface area contributed by atoms with Crippen LogP contribution in [0.25, 0.3) is 5.69 Å². The van der Waals surface area contributed by atoms with Crippen LogP contribution in [0.2, 0.25) is 0 Å². The van der Waals surface area contributed by atoms with E-state index in [-0.39, 0.29) is 11.7 Å². The first kappa shape index (κ1) is 21.4. The number of hydrogen-bond donors (Lipinski definition) is 1. The Balaban J connectivity index is 1.49. The highest BCUT2D eigenvalue weighted by Gasteiger charge is 2.26. The van der Waals surface area contributed by atoms with Gasteiger partial charge in [0.05, 0.1) is 19.9 Å². The third-order valence-corrected chi connectivity index (χ3v) is 6.19. The van der Waals surface area contributed by atoms with Crippen LogP contribution in [0.4, 0.5) is 4.39 Å². The van der Waals surface area contributed by atoms with Gasteiger partial charge in [-0.25, -0.2) is 9.07 Å². The topological polar surface area (TPSA) is 65.4 Å². The molecule has 0 aliphatic heterocycles. The minimum Gasteiger partial charge on any atom is -0.493 e. The van der Waals surface area contributed by atoms with Crippen molar-refractivity contribution in [2.45, 2.75) is 25.7 Å². The molecule has 1 aromatic heterocycles. The fourth-order valence-electron chi connectivity index (χ4n) is 3.90. The molecule has 31 heavy (non-hydrogen) atoms. The molecule has 0 unspecified atom stereocenters. The van der Waals surface area contributed by atoms with E-state index in [1.165, 1.54) is 12.1 Å². The zero-order valence-electron chi connectivity index (χ0n) is 17.4. The maximum absolute atomic E-state index is 13.3. The summed E-state index contributed by atoms with van der Waals surface area (Å²) in [5, 5.41) is 7.54. The number of fused-ring (bicyclic) bond motifs is 1. The second kappa shape index (κ2) is 9.09. The molecule has 8 heteroatoms. The summed E-state index contributed by atoms with van der Waals surface area (Å²) in [5.74, 6) is 0.786. The Morgan fingerprint density at radius 1 is 1.16 bits per heavy atom. The standard InChI is InChI=1S/C23H23BrFN3O3/c1-30-20-12-14(18(24)13-21(20)31-2)10-11-26-23(29)22-17-4-3-5-19(17)28(27-22)16-8-6-15(25)7-9-16/h6-9,12-13H,3-5,10-11H2,1-2H3,(H,26,29). The lowest BCUT2D eigenvalue weighted by molar-refractivity contribution is 0.0948. The van der Waals surface area contributed by atoms with Gasteiger partial charge < -0.3 is 14.8 Å². The van der Waals surface area contributed by atoms with Crippen LogP contribution in [0.15, 0.2) is 40.9 Å². The van der Waals surface area contributed by atoms with Gasteiger partial charge in [0.1, 0.15) is 5.82 Å². The van der Waals surface area contributed by atoms with Crippen molar-refractivity contribution < 1.29 is 18.7 Å². The molecule has 0 saturated heterocycles. The Bertz CT molecular complexity index is 1110. The van der Waals surface area contributed by atoms with Crippen molar-refractivity contribution in [1.82, 2.24) is 15.1 Å². The average molecular weight is 488 g/mol. The Hall–Kier alpha value is -2.87. The number of amides is 1. The maximum atomic E-state index is 13.3. The van der Waals surface area contributed by atoms with E-state index in [4.69, 9.17) is 9.47 Å². The minimum atomic E-state index is -0.299. The lowest BCUT2D eigenvalue weighted by Crippen LogP contribution is -2.27. The Labute approximate surface area is 188 Å². The van der Waals surface area contributed by atoms with Gasteiger partial charge in [-0.2, -0.15) is 5.10 Å². The van der Waals surface area contributed by atoms with E-state index in [9.17, 15) is 9.18 Å². The van der Waals surface area contributed by atoms with E-state index in [2.05, 4.69) is 26.3 Å². The van der Waals surface area contributed by atoms with Crippen LogP contribution >= 0.6 is 15.9 Å². The molecule has 1 heterocycles. The highest BCUT2D eigenvalue weighted by molar-refractivity contribution is 9.10. The molecule has 0 radical (unpaired) electrons. The Kier molecular flexibility index (Phi) is 6.27. The second-order valence-electron chi connectivity index (χ2n) is 7.32. The summed E-state index contributed by atoms with van der Waals surface area (Å²) >= 11 is 3.55. The van der Waals surface area contributed by atoms with Crippen LogP contribution in [-0.2, 0) is 19.3 Å². The summed E-state index contributed by atoms with van der Waals surface area (Å²) in [6.45, 7) is 0.450. The van der Waals surface area contributed by atoms with Gasteiger partial charge >= 0.3 is 0 Å². The molecule has 1 aliphatic carbocycles. The number of carbonyl (C=O) groups is 1. The van der Waals surface area contributed by atoms with Crippen LogP contribution in [0.3, 0.4) is 0 Å². The molecule has 1 N–H and O–H groups in total. The second-order valence-corrected chi connectivity index (χ2v) is 8.17. The van der Waals surface area contributed by atoms with Gasteiger partial charge in [0.15, 0.2) is 17.2 Å². The third-order valence-electron chi connectivity index (χ3n) is 5.45. The monoisotopic (exact) mass is 487 g/mol. The summed E-state index contributed by atoms with van der Waals surface area (Å²) < 4.78 is 26.6. The Morgan fingerprint density at radius 2 is 1.87 bits per heavy atom. The molecule has 6 nitrogen and oxygen atoms in total. The number of benzene rings is 2. The van der Waals surface area contributed by atoms with Gasteiger partial charge in [0.2, 0.25) is 0 Å². The quantitative estimate of drug-likeness (QED) is 0.540. The predicted molar refractivity (Wildman–Crippen MR) is 119 cm³/mol. The molecule has 1 aliphatic rings. The number of methoxy groups -OCH3 is 2. The minimum absolute atomic E-state index is 0.199. The number of aromatic nitrogens is 2. The average Bonchev–Trinajstić information content (AvgIpc) is 3.38. The maximum Gasteiger partial charge on any atom is 0.272 e. The van der Waals surface area contributed by atoms with Crippen molar-refractivity contribution in [3.05, 3.63) is 69.2 Å². The van der Waals surface area contributed by atoms with E-state index in [1.807, 2.05) is 12.1 Å². The van der Waals surface area contributed by atoms with E-state index < -0.39 is 0 Å². The molecular weight excluding hydrogens is 465 g/mol. The van der Waals surface area contributed by atoms with Crippen molar-refractivity contribution in [2.24, 2.45) is 0 Å². The molecule has 1 amide bonds. The Morgan fingerprint density at radius 3 is 2.58 bits per heavy atom. The molecular formula is C23H23BrFN3O3. The number of carbonyl (C=O) groups excluding carboxylic acids is 1. The van der Waals surface area contributed by atoms with Crippen molar-refractivity contribution in [3.8, 4) is 17.2 Å². The molecule has 162 valence electrons. The van der Waals surface area contributed by atoms with Gasteiger partial charge in [-0.05, 0) is 67.6 Å². The molecule has 0 saturated carbocycles. The number of halogens is 2. The summed E-state index contributed by atoms with van der Waals surface area (Å²) in [5.41, 5.74) is 4.21. The predicted octanol–water partition coefficient (Wildman–Crippen LogP) is 4.25. The van der Waals surface area contributed by atoms with Gasteiger partial charge in [0.25, 0.3) is 5.91 Å². The van der Waals surface area contributed by atoms with Crippen LogP contribution < -0.4 is 14.8 Å². The van der Waals surface area contributed by atoms with E-state index in [1.54, 1.807) is 31.0 Å². The SMILES string of the molecule is COc1cc(Br)c(CCNC(=O)c2nn(-c3ccc(F)cc3)c3c2CCC3)cc1OC. The van der Waals surface area contributed by atoms with Crippen molar-refractivity contribution in [1.29, 1.82) is 0 Å². The normalized spacial score (nSPS) is 12.5. The van der Waals surface area contributed by atoms with Crippen LogP contribution in [0, 0.1) is 5.82 Å². The highest BCUT2D eigenvalue weighted by atomic mass is 79.9. The first-order valence-electron chi connectivity index (χ1n) is 10.1. The molecule has 0 atom stereocenters. The molecule has 4 rings (SSSR count). The first-order chi connectivity index (χ1) is 15.0. The van der Waals surface area contributed by atoms with E-state index in [0.29, 0.717) is 30.2 Å². The van der Waals surface area contributed by atoms with Crippen LogP contribution in [0.1, 0.15) is 33.7 Å². The van der Waals surface area contributed by atoms with Crippen molar-refractivity contribution in [2.75, 3.05) is 20.8 Å². The molecule has 2 aromatic carbocycles. The highest BCUT2D eigenvalue weighted by Crippen LogP contribution is 2.33.